The molecule has 3 rings (SSSR count). The number of thioether (sulfide) groups is 1. The Morgan fingerprint density at radius 2 is 2.25 bits per heavy atom. The molecule has 2 aliphatic rings. The Hall–Kier alpha value is -1.89. The summed E-state index contributed by atoms with van der Waals surface area (Å²) in [5.74, 6) is 3.39. The standard InChI is InChI=1S/C25H32N2S/c1-7-20-9-10-21(14-22(20)13-17(3)4)24(8-2)28-19(6)27-18(5)25-12-11-23(15-25)26-16-25/h1,8-10,14,17,23,26-27H,5-6,11-13,15-16H2,2-4H3/b24-8-. The van der Waals surface area contributed by atoms with Gasteiger partial charge in [-0.15, -0.1) is 6.42 Å². The largest absolute Gasteiger partial charge is 0.354 e. The van der Waals surface area contributed by atoms with Crippen molar-refractivity contribution in [3.63, 3.8) is 0 Å². The average molecular weight is 393 g/mol. The van der Waals surface area contributed by atoms with Gasteiger partial charge in [0, 0.05) is 34.2 Å². The lowest BCUT2D eigenvalue weighted by molar-refractivity contribution is 0.366. The summed E-state index contributed by atoms with van der Waals surface area (Å²) >= 11 is 1.67. The second-order valence-electron chi connectivity index (χ2n) is 8.50. The van der Waals surface area contributed by atoms with Gasteiger partial charge in [-0.3, -0.25) is 0 Å². The van der Waals surface area contributed by atoms with Crippen LogP contribution >= 0.6 is 11.8 Å². The molecule has 2 nitrogen and oxygen atoms in total. The first-order chi connectivity index (χ1) is 13.4. The minimum Gasteiger partial charge on any atom is -0.354 e. The third-order valence-electron chi connectivity index (χ3n) is 5.94. The van der Waals surface area contributed by atoms with Crippen molar-refractivity contribution >= 4 is 16.7 Å². The molecule has 2 N–H and O–H groups in total. The molecule has 1 aromatic rings. The van der Waals surface area contributed by atoms with Crippen LogP contribution < -0.4 is 10.6 Å². The fourth-order valence-electron chi connectivity index (χ4n) is 4.42. The lowest BCUT2D eigenvalue weighted by atomic mass is 9.84. The molecule has 2 atom stereocenters. The maximum absolute atomic E-state index is 5.70. The van der Waals surface area contributed by atoms with Gasteiger partial charge in [-0.05, 0) is 61.8 Å². The van der Waals surface area contributed by atoms with Crippen LogP contribution in [0.15, 0.2) is 48.2 Å². The molecule has 1 heterocycles. The highest BCUT2D eigenvalue weighted by molar-refractivity contribution is 8.11. The number of rotatable bonds is 8. The van der Waals surface area contributed by atoms with Crippen molar-refractivity contribution in [3.05, 3.63) is 64.8 Å². The smallest absolute Gasteiger partial charge is 0.0698 e. The van der Waals surface area contributed by atoms with Crippen LogP contribution in [0.3, 0.4) is 0 Å². The molecule has 2 unspecified atom stereocenters. The van der Waals surface area contributed by atoms with E-state index in [4.69, 9.17) is 6.42 Å². The second-order valence-corrected chi connectivity index (χ2v) is 9.63. The van der Waals surface area contributed by atoms with Crippen molar-refractivity contribution in [2.75, 3.05) is 6.54 Å². The molecule has 0 spiro atoms. The summed E-state index contributed by atoms with van der Waals surface area (Å²) < 4.78 is 0. The number of nitrogens with one attached hydrogen (secondary N) is 2. The van der Waals surface area contributed by atoms with E-state index in [1.165, 1.54) is 35.3 Å². The van der Waals surface area contributed by atoms with Gasteiger partial charge >= 0.3 is 0 Å². The zero-order valence-electron chi connectivity index (χ0n) is 17.4. The van der Waals surface area contributed by atoms with E-state index in [9.17, 15) is 0 Å². The minimum absolute atomic E-state index is 0.198. The van der Waals surface area contributed by atoms with E-state index in [0.717, 1.165) is 29.3 Å². The highest BCUT2D eigenvalue weighted by atomic mass is 32.2. The fraction of sp³-hybridized carbons (Fsp3) is 0.440. The van der Waals surface area contributed by atoms with Crippen molar-refractivity contribution in [1.82, 2.24) is 10.6 Å². The molecule has 1 aliphatic heterocycles. The van der Waals surface area contributed by atoms with E-state index >= 15 is 0 Å². The van der Waals surface area contributed by atoms with Gasteiger partial charge in [0.05, 0.1) is 5.03 Å². The topological polar surface area (TPSA) is 24.1 Å². The van der Waals surface area contributed by atoms with E-state index in [1.54, 1.807) is 11.8 Å². The van der Waals surface area contributed by atoms with E-state index in [-0.39, 0.29) is 5.41 Å². The fourth-order valence-corrected chi connectivity index (χ4v) is 5.22. The molecule has 1 saturated heterocycles. The Kier molecular flexibility index (Phi) is 6.43. The third kappa shape index (κ3) is 4.40. The monoisotopic (exact) mass is 392 g/mol. The highest BCUT2D eigenvalue weighted by Crippen LogP contribution is 2.47. The van der Waals surface area contributed by atoms with Crippen molar-refractivity contribution in [2.45, 2.75) is 52.5 Å². The van der Waals surface area contributed by atoms with Gasteiger partial charge in [-0.2, -0.15) is 0 Å². The maximum atomic E-state index is 5.70. The van der Waals surface area contributed by atoms with Gasteiger partial charge in [0.2, 0.25) is 0 Å². The molecular formula is C25H32N2S. The van der Waals surface area contributed by atoms with Crippen LogP contribution in [0.1, 0.15) is 56.7 Å². The van der Waals surface area contributed by atoms with Gasteiger partial charge in [0.25, 0.3) is 0 Å². The molecule has 0 radical (unpaired) electrons. The highest BCUT2D eigenvalue weighted by Gasteiger charge is 2.46. The van der Waals surface area contributed by atoms with E-state index in [0.29, 0.717) is 12.0 Å². The van der Waals surface area contributed by atoms with Crippen LogP contribution in [-0.4, -0.2) is 12.6 Å². The molecule has 0 amide bonds. The van der Waals surface area contributed by atoms with E-state index in [2.05, 4.69) is 74.8 Å². The average Bonchev–Trinajstić information content (AvgIpc) is 3.28. The predicted molar refractivity (Wildman–Crippen MR) is 124 cm³/mol. The number of piperidine rings is 1. The zero-order chi connectivity index (χ0) is 20.3. The lowest BCUT2D eigenvalue weighted by Crippen LogP contribution is -2.34. The molecule has 2 bridgehead atoms. The Bertz CT molecular complexity index is 833. The number of terminal acetylenes is 1. The van der Waals surface area contributed by atoms with Crippen LogP contribution in [-0.2, 0) is 6.42 Å². The van der Waals surface area contributed by atoms with Crippen LogP contribution in [0.25, 0.3) is 4.91 Å². The normalized spacial score (nSPS) is 23.7. The Morgan fingerprint density at radius 1 is 1.46 bits per heavy atom. The molecule has 148 valence electrons. The molecule has 0 aromatic heterocycles. The SMILES string of the molecule is C#Cc1ccc(/C(=C/C)SC(=C)NC(=C)C23CCC(C2)NC3)cc1CC(C)C. The van der Waals surface area contributed by atoms with Crippen molar-refractivity contribution in [1.29, 1.82) is 0 Å². The molecule has 3 heteroatoms. The van der Waals surface area contributed by atoms with E-state index in [1.807, 2.05) is 0 Å². The molecule has 2 fully saturated rings. The summed E-state index contributed by atoms with van der Waals surface area (Å²) in [5.41, 5.74) is 4.73. The van der Waals surface area contributed by atoms with Crippen LogP contribution in [0.2, 0.25) is 0 Å². The van der Waals surface area contributed by atoms with Crippen LogP contribution in [0.5, 0.6) is 0 Å². The van der Waals surface area contributed by atoms with Gasteiger partial charge < -0.3 is 10.6 Å². The number of benzene rings is 1. The summed E-state index contributed by atoms with van der Waals surface area (Å²) in [4.78, 5) is 1.19. The maximum Gasteiger partial charge on any atom is 0.0698 e. The Labute approximate surface area is 175 Å². The van der Waals surface area contributed by atoms with Crippen LogP contribution in [0, 0.1) is 23.7 Å². The predicted octanol–water partition coefficient (Wildman–Crippen LogP) is 5.68. The molecule has 1 saturated carbocycles. The van der Waals surface area contributed by atoms with Crippen molar-refractivity contribution in [3.8, 4) is 12.3 Å². The summed E-state index contributed by atoms with van der Waals surface area (Å²) in [5, 5.41) is 8.03. The summed E-state index contributed by atoms with van der Waals surface area (Å²) in [7, 11) is 0. The molecular weight excluding hydrogens is 360 g/mol. The van der Waals surface area contributed by atoms with Gasteiger partial charge in [0.1, 0.15) is 0 Å². The minimum atomic E-state index is 0.198. The quantitative estimate of drug-likeness (QED) is 0.557. The number of hydrogen-bond donors (Lipinski definition) is 2. The number of allylic oxidation sites excluding steroid dienone is 1. The summed E-state index contributed by atoms with van der Waals surface area (Å²) in [6.45, 7) is 16.2. The first-order valence-electron chi connectivity index (χ1n) is 10.2. The second kappa shape index (κ2) is 8.64. The van der Waals surface area contributed by atoms with Crippen molar-refractivity contribution < 1.29 is 0 Å². The Balaban J connectivity index is 1.69. The first kappa shape index (κ1) is 20.8. The first-order valence-corrected chi connectivity index (χ1v) is 11.0. The Morgan fingerprint density at radius 3 is 2.79 bits per heavy atom. The summed E-state index contributed by atoms with van der Waals surface area (Å²) in [6.07, 6.45) is 12.5. The van der Waals surface area contributed by atoms with Gasteiger partial charge in [0.15, 0.2) is 0 Å². The van der Waals surface area contributed by atoms with Gasteiger partial charge in [-0.1, -0.05) is 56.8 Å². The molecule has 28 heavy (non-hydrogen) atoms. The lowest BCUT2D eigenvalue weighted by Gasteiger charge is -2.30. The van der Waals surface area contributed by atoms with Gasteiger partial charge in [-0.25, -0.2) is 0 Å². The van der Waals surface area contributed by atoms with Crippen LogP contribution in [0.4, 0.5) is 0 Å². The van der Waals surface area contributed by atoms with E-state index < -0.39 is 0 Å². The zero-order valence-corrected chi connectivity index (χ0v) is 18.2. The molecule has 1 aliphatic carbocycles. The number of hydrogen-bond acceptors (Lipinski definition) is 3. The number of fused-ring (bicyclic) bond motifs is 2. The molecule has 1 aromatic carbocycles. The summed E-state index contributed by atoms with van der Waals surface area (Å²) in [6, 6.07) is 7.08. The third-order valence-corrected chi connectivity index (χ3v) is 6.98. The van der Waals surface area contributed by atoms with Crippen molar-refractivity contribution in [2.24, 2.45) is 11.3 Å².